The van der Waals surface area contributed by atoms with Gasteiger partial charge >= 0.3 is 0 Å². The van der Waals surface area contributed by atoms with Crippen LogP contribution in [0.2, 0.25) is 0 Å². The van der Waals surface area contributed by atoms with E-state index in [1.54, 1.807) is 6.92 Å². The summed E-state index contributed by atoms with van der Waals surface area (Å²) >= 11 is 0. The first kappa shape index (κ1) is 9.60. The predicted octanol–water partition coefficient (Wildman–Crippen LogP) is 3.39. The van der Waals surface area contributed by atoms with Crippen molar-refractivity contribution in [2.75, 3.05) is 0 Å². The zero-order valence-corrected chi connectivity index (χ0v) is 6.37. The van der Waals surface area contributed by atoms with Gasteiger partial charge in [0.15, 0.2) is 0 Å². The summed E-state index contributed by atoms with van der Waals surface area (Å²) in [6.07, 6.45) is 2.44. The van der Waals surface area contributed by atoms with Gasteiger partial charge in [-0.2, -0.15) is 0 Å². The molecule has 0 rings (SSSR count). The zero-order valence-electron chi connectivity index (χ0n) is 6.37. The van der Waals surface area contributed by atoms with Crippen LogP contribution in [0.3, 0.4) is 0 Å². The first-order valence-electron chi connectivity index (χ1n) is 3.61. The van der Waals surface area contributed by atoms with Crippen LogP contribution < -0.4 is 0 Å². The SMILES string of the molecule is C=CCCC(F)(F)CCC. The van der Waals surface area contributed by atoms with Crippen molar-refractivity contribution in [2.45, 2.75) is 38.5 Å². The molecule has 0 unspecified atom stereocenters. The minimum absolute atomic E-state index is 0.000833. The molecule has 0 radical (unpaired) electrons. The summed E-state index contributed by atoms with van der Waals surface area (Å²) in [5.74, 6) is -2.47. The molecule has 0 fully saturated rings. The number of hydrogen-bond donors (Lipinski definition) is 0. The fourth-order valence-electron chi connectivity index (χ4n) is 0.804. The minimum atomic E-state index is -2.47. The maximum Gasteiger partial charge on any atom is 0.248 e. The Morgan fingerprint density at radius 1 is 1.40 bits per heavy atom. The van der Waals surface area contributed by atoms with Crippen molar-refractivity contribution >= 4 is 0 Å². The molecular weight excluding hydrogens is 134 g/mol. The molecule has 0 heterocycles. The summed E-state index contributed by atoms with van der Waals surface area (Å²) in [4.78, 5) is 0. The highest BCUT2D eigenvalue weighted by atomic mass is 19.3. The van der Waals surface area contributed by atoms with Crippen LogP contribution in [0, 0.1) is 0 Å². The Balaban J connectivity index is 3.51. The van der Waals surface area contributed by atoms with Gasteiger partial charge in [0.2, 0.25) is 5.92 Å². The highest BCUT2D eigenvalue weighted by Crippen LogP contribution is 2.25. The van der Waals surface area contributed by atoms with Crippen molar-refractivity contribution in [1.29, 1.82) is 0 Å². The van der Waals surface area contributed by atoms with E-state index in [-0.39, 0.29) is 12.8 Å². The van der Waals surface area contributed by atoms with E-state index in [9.17, 15) is 8.78 Å². The molecule has 0 amide bonds. The van der Waals surface area contributed by atoms with E-state index in [1.807, 2.05) is 0 Å². The molecule has 0 bridgehead atoms. The summed E-state index contributed by atoms with van der Waals surface area (Å²) in [6.45, 7) is 5.16. The molecule has 0 atom stereocenters. The lowest BCUT2D eigenvalue weighted by Gasteiger charge is -2.13. The molecule has 10 heavy (non-hydrogen) atoms. The number of hydrogen-bond acceptors (Lipinski definition) is 0. The Hall–Kier alpha value is -0.400. The van der Waals surface area contributed by atoms with E-state index in [2.05, 4.69) is 6.58 Å². The van der Waals surface area contributed by atoms with E-state index in [4.69, 9.17) is 0 Å². The lowest BCUT2D eigenvalue weighted by Crippen LogP contribution is -2.14. The smallest absolute Gasteiger partial charge is 0.207 e. The summed E-state index contributed by atoms with van der Waals surface area (Å²) in [7, 11) is 0. The van der Waals surface area contributed by atoms with Crippen molar-refractivity contribution in [2.24, 2.45) is 0 Å². The van der Waals surface area contributed by atoms with E-state index in [1.165, 1.54) is 6.08 Å². The minimum Gasteiger partial charge on any atom is -0.207 e. The number of rotatable bonds is 5. The molecule has 0 aromatic carbocycles. The van der Waals surface area contributed by atoms with E-state index >= 15 is 0 Å². The molecule has 0 spiro atoms. The number of halogens is 2. The van der Waals surface area contributed by atoms with Gasteiger partial charge in [0.05, 0.1) is 0 Å². The van der Waals surface area contributed by atoms with Crippen molar-refractivity contribution in [3.05, 3.63) is 12.7 Å². The van der Waals surface area contributed by atoms with Gasteiger partial charge in [0.25, 0.3) is 0 Å². The molecule has 0 N–H and O–H groups in total. The second-order valence-electron chi connectivity index (χ2n) is 2.43. The average molecular weight is 148 g/mol. The number of allylic oxidation sites excluding steroid dienone is 1. The van der Waals surface area contributed by atoms with E-state index < -0.39 is 5.92 Å². The predicted molar refractivity (Wildman–Crippen MR) is 39.3 cm³/mol. The monoisotopic (exact) mass is 148 g/mol. The highest BCUT2D eigenvalue weighted by Gasteiger charge is 2.25. The summed E-state index contributed by atoms with van der Waals surface area (Å²) in [6, 6.07) is 0. The van der Waals surface area contributed by atoms with Crippen molar-refractivity contribution in [3.8, 4) is 0 Å². The Labute approximate surface area is 60.9 Å². The van der Waals surface area contributed by atoms with Gasteiger partial charge in [0.1, 0.15) is 0 Å². The van der Waals surface area contributed by atoms with Crippen molar-refractivity contribution in [1.82, 2.24) is 0 Å². The quantitative estimate of drug-likeness (QED) is 0.524. The molecule has 0 aliphatic rings. The van der Waals surface area contributed by atoms with Crippen LogP contribution in [-0.4, -0.2) is 5.92 Å². The molecule has 0 aliphatic heterocycles. The van der Waals surface area contributed by atoms with Gasteiger partial charge in [0, 0.05) is 12.8 Å². The fraction of sp³-hybridized carbons (Fsp3) is 0.750. The van der Waals surface area contributed by atoms with Crippen LogP contribution in [0.4, 0.5) is 8.78 Å². The summed E-state index contributed by atoms with van der Waals surface area (Å²) < 4.78 is 25.1. The van der Waals surface area contributed by atoms with Crippen LogP contribution in [-0.2, 0) is 0 Å². The van der Waals surface area contributed by atoms with Crippen LogP contribution in [0.1, 0.15) is 32.6 Å². The standard InChI is InChI=1S/C8H14F2/c1-3-5-7-8(9,10)6-4-2/h3H,1,4-7H2,2H3. The molecule has 2 heteroatoms. The first-order valence-corrected chi connectivity index (χ1v) is 3.61. The Morgan fingerprint density at radius 3 is 2.40 bits per heavy atom. The lowest BCUT2D eigenvalue weighted by molar-refractivity contribution is -0.0157. The topological polar surface area (TPSA) is 0 Å². The third-order valence-electron chi connectivity index (χ3n) is 1.33. The molecule has 0 saturated heterocycles. The lowest BCUT2D eigenvalue weighted by atomic mass is 10.1. The maximum absolute atomic E-state index is 12.6. The van der Waals surface area contributed by atoms with Crippen molar-refractivity contribution in [3.63, 3.8) is 0 Å². The largest absolute Gasteiger partial charge is 0.248 e. The third kappa shape index (κ3) is 4.48. The Bertz CT molecular complexity index is 97.4. The third-order valence-corrected chi connectivity index (χ3v) is 1.33. The second kappa shape index (κ2) is 4.42. The fourth-order valence-corrected chi connectivity index (χ4v) is 0.804. The van der Waals surface area contributed by atoms with Crippen LogP contribution >= 0.6 is 0 Å². The first-order chi connectivity index (χ1) is 4.62. The van der Waals surface area contributed by atoms with Crippen molar-refractivity contribution < 1.29 is 8.78 Å². The molecule has 0 saturated carbocycles. The molecular formula is C8H14F2. The van der Waals surface area contributed by atoms with E-state index in [0.717, 1.165) is 0 Å². The number of alkyl halides is 2. The average Bonchev–Trinajstić information content (AvgIpc) is 1.84. The normalized spacial score (nSPS) is 11.5. The molecule has 0 aromatic rings. The second-order valence-corrected chi connectivity index (χ2v) is 2.43. The highest BCUT2D eigenvalue weighted by molar-refractivity contribution is 4.73. The molecule has 0 nitrogen and oxygen atoms in total. The summed E-state index contributed by atoms with van der Waals surface area (Å²) in [5, 5.41) is 0. The van der Waals surface area contributed by atoms with Crippen LogP contribution in [0.15, 0.2) is 12.7 Å². The molecule has 0 aliphatic carbocycles. The van der Waals surface area contributed by atoms with Gasteiger partial charge < -0.3 is 0 Å². The van der Waals surface area contributed by atoms with Crippen LogP contribution in [0.5, 0.6) is 0 Å². The summed E-state index contributed by atoms with van der Waals surface area (Å²) in [5.41, 5.74) is 0. The maximum atomic E-state index is 12.6. The Morgan fingerprint density at radius 2 is 2.00 bits per heavy atom. The van der Waals surface area contributed by atoms with Gasteiger partial charge in [-0.1, -0.05) is 19.4 Å². The van der Waals surface area contributed by atoms with E-state index in [0.29, 0.717) is 12.8 Å². The van der Waals surface area contributed by atoms with Gasteiger partial charge in [-0.05, 0) is 6.42 Å². The van der Waals surface area contributed by atoms with Crippen LogP contribution in [0.25, 0.3) is 0 Å². The van der Waals surface area contributed by atoms with Gasteiger partial charge in [-0.3, -0.25) is 0 Å². The zero-order chi connectivity index (χ0) is 8.04. The van der Waals surface area contributed by atoms with Gasteiger partial charge in [-0.15, -0.1) is 6.58 Å². The molecule has 0 aromatic heterocycles. The Kier molecular flexibility index (Phi) is 4.24. The van der Waals surface area contributed by atoms with Gasteiger partial charge in [-0.25, -0.2) is 8.78 Å². The molecule has 60 valence electrons.